The number of nitrogens with one attached hydrogen (secondary N) is 4. The van der Waals surface area contributed by atoms with Gasteiger partial charge < -0.3 is 25.3 Å². The van der Waals surface area contributed by atoms with Gasteiger partial charge in [-0.05, 0) is 97.3 Å². The molecule has 4 N–H and O–H groups in total. The molecule has 0 radical (unpaired) electrons. The minimum Gasteiger partial charge on any atom is -0.455 e. The summed E-state index contributed by atoms with van der Waals surface area (Å²) in [6, 6.07) is 19.6. The molecule has 2 aromatic heterocycles. The lowest BCUT2D eigenvalue weighted by atomic mass is 9.72. The number of nitro benzene ring substituents is 1. The number of piperazine rings is 1. The number of rotatable bonds is 14. The molecular formula is C45H49ClF2N8O6S. The molecule has 3 aromatic carbocycles. The number of hydrogen-bond donors (Lipinski definition) is 4. The Labute approximate surface area is 369 Å². The zero-order valence-electron chi connectivity index (χ0n) is 34.9. The van der Waals surface area contributed by atoms with E-state index < -0.39 is 49.8 Å². The molecule has 1 atom stereocenters. The van der Waals surface area contributed by atoms with Gasteiger partial charge in [0.2, 0.25) is 6.43 Å². The van der Waals surface area contributed by atoms with Crippen LogP contribution in [-0.2, 0) is 10.0 Å². The largest absolute Gasteiger partial charge is 0.455 e. The maximum atomic E-state index is 13.9. The van der Waals surface area contributed by atoms with Crippen LogP contribution < -0.4 is 25.0 Å². The highest BCUT2D eigenvalue weighted by Gasteiger charge is 2.38. The molecule has 3 aliphatic rings. The highest BCUT2D eigenvalue weighted by atomic mass is 35.5. The van der Waals surface area contributed by atoms with Gasteiger partial charge >= 0.3 is 0 Å². The van der Waals surface area contributed by atoms with Crippen LogP contribution in [0.4, 0.5) is 25.8 Å². The van der Waals surface area contributed by atoms with Gasteiger partial charge in [0.15, 0.2) is 0 Å². The second-order valence-electron chi connectivity index (χ2n) is 17.4. The molecule has 14 nitrogen and oxygen atoms in total. The zero-order chi connectivity index (χ0) is 44.5. The van der Waals surface area contributed by atoms with Gasteiger partial charge in [-0.25, -0.2) is 26.9 Å². The predicted molar refractivity (Wildman–Crippen MR) is 239 cm³/mol. The third kappa shape index (κ3) is 10.1. The first-order valence-electron chi connectivity index (χ1n) is 20.9. The molecule has 63 heavy (non-hydrogen) atoms. The Morgan fingerprint density at radius 3 is 2.52 bits per heavy atom. The van der Waals surface area contributed by atoms with Gasteiger partial charge in [0.05, 0.1) is 27.1 Å². The van der Waals surface area contributed by atoms with Gasteiger partial charge in [0, 0.05) is 80.1 Å². The van der Waals surface area contributed by atoms with Crippen LogP contribution in [-0.4, -0.2) is 91.9 Å². The summed E-state index contributed by atoms with van der Waals surface area (Å²) >= 11 is 6.23. The molecule has 1 amide bonds. The summed E-state index contributed by atoms with van der Waals surface area (Å²) in [5.74, 6) is -0.653. The summed E-state index contributed by atoms with van der Waals surface area (Å²) in [5, 5.41) is 19.5. The normalized spacial score (nSPS) is 19.4. The van der Waals surface area contributed by atoms with Crippen molar-refractivity contribution in [3.8, 4) is 11.5 Å². The van der Waals surface area contributed by atoms with Crippen molar-refractivity contribution in [3.63, 3.8) is 0 Å². The number of H-pyrrole nitrogens is 1. The summed E-state index contributed by atoms with van der Waals surface area (Å²) < 4.78 is 62.8. The number of nitro groups is 1. The quantitative estimate of drug-likeness (QED) is 0.0621. The van der Waals surface area contributed by atoms with Crippen LogP contribution in [0.5, 0.6) is 11.5 Å². The van der Waals surface area contributed by atoms with Crippen LogP contribution in [0, 0.1) is 15.5 Å². The van der Waals surface area contributed by atoms with E-state index in [2.05, 4.69) is 56.4 Å². The Morgan fingerprint density at radius 1 is 1.03 bits per heavy atom. The van der Waals surface area contributed by atoms with Crippen molar-refractivity contribution < 1.29 is 31.7 Å². The number of aromatic nitrogens is 2. The minimum atomic E-state index is -4.69. The first-order chi connectivity index (χ1) is 30.1. The Kier molecular flexibility index (Phi) is 12.5. The zero-order valence-corrected chi connectivity index (χ0v) is 36.5. The predicted octanol–water partition coefficient (Wildman–Crippen LogP) is 8.62. The van der Waals surface area contributed by atoms with Crippen molar-refractivity contribution in [2.45, 2.75) is 62.8 Å². The smallest absolute Gasteiger partial charge is 0.293 e. The molecule has 8 rings (SSSR count). The maximum Gasteiger partial charge on any atom is 0.293 e. The van der Waals surface area contributed by atoms with E-state index in [4.69, 9.17) is 16.3 Å². The van der Waals surface area contributed by atoms with Crippen molar-refractivity contribution in [2.24, 2.45) is 5.41 Å². The molecule has 1 aliphatic carbocycles. The number of aromatic amines is 1. The van der Waals surface area contributed by atoms with Crippen LogP contribution >= 0.6 is 11.6 Å². The lowest BCUT2D eigenvalue weighted by Gasteiger charge is -2.39. The van der Waals surface area contributed by atoms with Crippen LogP contribution in [0.1, 0.15) is 61.9 Å². The molecule has 4 heterocycles. The van der Waals surface area contributed by atoms with Crippen molar-refractivity contribution >= 4 is 61.2 Å². The Bertz CT molecular complexity index is 2660. The number of fused-ring (bicyclic) bond motifs is 1. The van der Waals surface area contributed by atoms with E-state index in [0.29, 0.717) is 36.1 Å². The number of ether oxygens (including phenoxy) is 1. The van der Waals surface area contributed by atoms with E-state index in [1.54, 1.807) is 24.4 Å². The number of amides is 1. The molecule has 18 heteroatoms. The number of benzene rings is 3. The molecule has 0 spiro atoms. The summed E-state index contributed by atoms with van der Waals surface area (Å²) in [6.45, 7) is 9.02. The second-order valence-corrected chi connectivity index (χ2v) is 19.5. The monoisotopic (exact) mass is 902 g/mol. The lowest BCUT2D eigenvalue weighted by molar-refractivity contribution is -0.384. The Hall–Kier alpha value is -5.62. The number of pyridine rings is 1. The first-order valence-corrected chi connectivity index (χ1v) is 22.7. The summed E-state index contributed by atoms with van der Waals surface area (Å²) in [6.07, 6.45) is 3.40. The molecule has 0 unspecified atom stereocenters. The van der Waals surface area contributed by atoms with Crippen LogP contribution in [0.25, 0.3) is 16.6 Å². The third-order valence-corrected chi connectivity index (χ3v) is 13.8. The standard InChI is InChI=1S/C45H49ClF2N8O6S/c1-44(2)13-11-31(37(24-44)29-3-5-32(46)6-4-29)27-54-17-19-55(20-18-54)33-7-9-36(40(22-33)62-34-21-30-12-15-50-42(30)51-26-34)43(57)53-63(60,61)35-8-10-38(39(23-35)56(58)59)52-45(25-41(47)48)14-16-49-28-45/h3-10,12,15,21-23,26,41,49,52H,11,13-14,16-20,24-25,27-28H2,1-2H3,(H,50,51)(H,53,57)/t45-/m1/s1. The van der Waals surface area contributed by atoms with E-state index in [9.17, 15) is 32.1 Å². The molecule has 2 fully saturated rings. The van der Waals surface area contributed by atoms with Crippen molar-refractivity contribution in [1.29, 1.82) is 0 Å². The number of sulfonamides is 1. The Morgan fingerprint density at radius 2 is 1.81 bits per heavy atom. The number of carbonyl (C=O) groups excluding carboxylic acids is 1. The fourth-order valence-corrected chi connectivity index (χ4v) is 9.92. The molecule has 2 aliphatic heterocycles. The molecule has 5 aromatic rings. The van der Waals surface area contributed by atoms with Crippen molar-refractivity contribution in [1.82, 2.24) is 24.9 Å². The summed E-state index contributed by atoms with van der Waals surface area (Å²) in [4.78, 5) is 36.8. The fraction of sp³-hybridized carbons (Fsp3) is 0.378. The number of hydrogen-bond acceptors (Lipinski definition) is 11. The van der Waals surface area contributed by atoms with Gasteiger partial charge in [-0.3, -0.25) is 19.8 Å². The van der Waals surface area contributed by atoms with E-state index in [-0.39, 0.29) is 35.4 Å². The molecule has 0 saturated carbocycles. The lowest BCUT2D eigenvalue weighted by Crippen LogP contribution is -2.47. The molecule has 0 bridgehead atoms. The topological polar surface area (TPSA) is 175 Å². The van der Waals surface area contributed by atoms with Crippen molar-refractivity contribution in [2.75, 3.05) is 56.0 Å². The maximum absolute atomic E-state index is 13.9. The summed E-state index contributed by atoms with van der Waals surface area (Å²) in [5.41, 5.74) is 3.61. The van der Waals surface area contributed by atoms with Crippen LogP contribution in [0.3, 0.4) is 0 Å². The van der Waals surface area contributed by atoms with Gasteiger partial charge in [-0.1, -0.05) is 43.2 Å². The second kappa shape index (κ2) is 17.9. The van der Waals surface area contributed by atoms with Crippen LogP contribution in [0.2, 0.25) is 5.02 Å². The van der Waals surface area contributed by atoms with Gasteiger partial charge in [0.25, 0.3) is 21.6 Å². The summed E-state index contributed by atoms with van der Waals surface area (Å²) in [7, 11) is -4.69. The SMILES string of the molecule is CC1(C)CCC(CN2CCN(c3ccc(C(=O)NS(=O)(=O)c4ccc(N[C@@]5(CC(F)F)CCNC5)c([N+](=O)[O-])c4)c(Oc4cnc5[nH]ccc5c4)c3)CC2)=C(c2ccc(Cl)cc2)C1. The minimum absolute atomic E-state index is 0.0712. The van der Waals surface area contributed by atoms with E-state index >= 15 is 0 Å². The molecular weight excluding hydrogens is 854 g/mol. The van der Waals surface area contributed by atoms with Gasteiger partial charge in [-0.15, -0.1) is 0 Å². The number of anilines is 2. The number of nitrogens with zero attached hydrogens (tertiary/aromatic N) is 4. The average molecular weight is 903 g/mol. The van der Waals surface area contributed by atoms with Gasteiger partial charge in [0.1, 0.15) is 22.8 Å². The van der Waals surface area contributed by atoms with Crippen LogP contribution in [0.15, 0.2) is 95.7 Å². The highest BCUT2D eigenvalue weighted by molar-refractivity contribution is 7.90. The third-order valence-electron chi connectivity index (χ3n) is 12.2. The molecule has 2 saturated heterocycles. The Balaban J connectivity index is 1.02. The number of carbonyl (C=O) groups is 1. The van der Waals surface area contributed by atoms with E-state index in [0.717, 1.165) is 68.2 Å². The fourth-order valence-electron chi connectivity index (χ4n) is 8.81. The number of allylic oxidation sites excluding steroid dienone is 1. The molecule has 332 valence electrons. The van der Waals surface area contributed by atoms with E-state index in [1.807, 2.05) is 22.9 Å². The van der Waals surface area contributed by atoms with E-state index in [1.165, 1.54) is 29.0 Å². The number of alkyl halides is 2. The number of halogens is 3. The van der Waals surface area contributed by atoms with Crippen molar-refractivity contribution in [3.05, 3.63) is 117 Å². The average Bonchev–Trinajstić information content (AvgIpc) is 3.91. The highest BCUT2D eigenvalue weighted by Crippen LogP contribution is 2.44. The van der Waals surface area contributed by atoms with Gasteiger partial charge in [-0.2, -0.15) is 0 Å². The first kappa shape index (κ1) is 44.0.